The van der Waals surface area contributed by atoms with E-state index in [0.29, 0.717) is 50.2 Å². The van der Waals surface area contributed by atoms with Crippen molar-refractivity contribution in [3.8, 4) is 12.1 Å². The zero-order chi connectivity index (χ0) is 35.5. The minimum atomic E-state index is -4.12. The van der Waals surface area contributed by atoms with Gasteiger partial charge in [-0.1, -0.05) is 40.5 Å². The lowest BCUT2D eigenvalue weighted by Crippen LogP contribution is -2.30. The van der Waals surface area contributed by atoms with Crippen molar-refractivity contribution in [2.24, 2.45) is 10.8 Å². The summed E-state index contributed by atoms with van der Waals surface area (Å²) in [6.07, 6.45) is 7.51. The number of hydrogen-bond donors (Lipinski definition) is 2. The Morgan fingerprint density at radius 1 is 0.565 bits per heavy atom. The van der Waals surface area contributed by atoms with Gasteiger partial charge in [-0.25, -0.2) is 33.7 Å². The van der Waals surface area contributed by atoms with Crippen molar-refractivity contribution in [3.63, 3.8) is 0 Å². The van der Waals surface area contributed by atoms with Crippen molar-refractivity contribution in [2.45, 2.75) is 79.1 Å². The quantitative estimate of drug-likeness (QED) is 0.262. The first-order chi connectivity index (χ1) is 20.7. The maximum absolute atomic E-state index is 12.5. The summed E-state index contributed by atoms with van der Waals surface area (Å²) in [5.41, 5.74) is 0.218. The van der Waals surface area contributed by atoms with Crippen LogP contribution in [0.1, 0.15) is 79.1 Å². The molecule has 0 bridgehead atoms. The molecule has 0 atom stereocenters. The third-order valence-corrected chi connectivity index (χ3v) is 15.0. The Morgan fingerprint density at radius 3 is 1.09 bits per heavy atom. The van der Waals surface area contributed by atoms with E-state index in [2.05, 4.69) is 10.6 Å². The fourth-order valence-electron chi connectivity index (χ4n) is 6.20. The Kier molecular flexibility index (Phi) is 12.2. The highest BCUT2D eigenvalue weighted by atomic mass is 32.3. The molecule has 0 aliphatic heterocycles. The molecule has 0 saturated carbocycles. The Balaban J connectivity index is 2.15. The number of nitriles is 2. The van der Waals surface area contributed by atoms with Gasteiger partial charge in [-0.3, -0.25) is 0 Å². The second-order valence-corrected chi connectivity index (χ2v) is 22.2. The van der Waals surface area contributed by atoms with Gasteiger partial charge < -0.3 is 10.6 Å². The highest BCUT2D eigenvalue weighted by Gasteiger charge is 2.39. The molecule has 16 heteroatoms. The van der Waals surface area contributed by atoms with Crippen molar-refractivity contribution in [1.29, 1.82) is 10.5 Å². The molecule has 0 fully saturated rings. The average molecular weight is 719 g/mol. The molecule has 0 unspecified atom stereocenters. The number of rotatable bonds is 13. The topological polar surface area (TPSA) is 208 Å². The van der Waals surface area contributed by atoms with Crippen LogP contribution in [0.5, 0.6) is 0 Å². The number of unbranched alkanes of at least 4 members (excludes halogenated alkanes) is 3. The summed E-state index contributed by atoms with van der Waals surface area (Å²) >= 11 is 0. The molecule has 258 valence electrons. The second-order valence-electron chi connectivity index (χ2n) is 13.9. The minimum absolute atomic E-state index is 0.0208. The lowest BCUT2D eigenvalue weighted by Gasteiger charge is -2.34. The SMILES string of the molecule is CC1(C)CC(NCCCCCCNC2=C(C#N)C(=C(S(C)(=O)=O)S(C)(=O)=O)CC(C)(C)C2)=C(C#N)C(=C(S(C)(=O)=O)S(C)(=O)=O)C1. The second kappa shape index (κ2) is 14.2. The van der Waals surface area contributed by atoms with Gasteiger partial charge in [0.15, 0.2) is 47.8 Å². The van der Waals surface area contributed by atoms with E-state index < -0.39 is 58.7 Å². The molecule has 2 rings (SSSR count). The smallest absolute Gasteiger partial charge is 0.186 e. The number of nitrogens with one attached hydrogen (secondary N) is 2. The molecule has 46 heavy (non-hydrogen) atoms. The zero-order valence-electron chi connectivity index (χ0n) is 27.9. The first-order valence-electron chi connectivity index (χ1n) is 14.8. The van der Waals surface area contributed by atoms with E-state index in [1.54, 1.807) is 0 Å². The molecule has 2 aliphatic carbocycles. The van der Waals surface area contributed by atoms with Crippen LogP contribution in [0.25, 0.3) is 0 Å². The van der Waals surface area contributed by atoms with Gasteiger partial charge in [0.05, 0.1) is 11.1 Å². The van der Waals surface area contributed by atoms with Gasteiger partial charge in [0.25, 0.3) is 0 Å². The van der Waals surface area contributed by atoms with E-state index in [9.17, 15) is 44.2 Å². The first kappa shape index (κ1) is 39.5. The summed E-state index contributed by atoms with van der Waals surface area (Å²) in [6.45, 7) is 8.52. The van der Waals surface area contributed by atoms with Crippen LogP contribution in [0.2, 0.25) is 0 Å². The maximum atomic E-state index is 12.5. The minimum Gasteiger partial charge on any atom is -0.387 e. The molecule has 2 N–H and O–H groups in total. The van der Waals surface area contributed by atoms with E-state index in [-0.39, 0.29) is 35.1 Å². The third kappa shape index (κ3) is 10.4. The number of sulfone groups is 4. The molecule has 0 aromatic carbocycles. The van der Waals surface area contributed by atoms with Gasteiger partial charge in [-0.2, -0.15) is 10.5 Å². The van der Waals surface area contributed by atoms with Crippen LogP contribution in [0, 0.1) is 33.5 Å². The molecule has 2 aliphatic rings. The summed E-state index contributed by atoms with van der Waals surface area (Å²) in [7, 11) is -16.5. The van der Waals surface area contributed by atoms with E-state index >= 15 is 0 Å². The van der Waals surface area contributed by atoms with Crippen molar-refractivity contribution >= 4 is 39.3 Å². The van der Waals surface area contributed by atoms with Gasteiger partial charge in [-0.15, -0.1) is 0 Å². The Bertz CT molecular complexity index is 1690. The molecule has 0 heterocycles. The number of nitrogens with zero attached hydrogens (tertiary/aromatic N) is 2. The summed E-state index contributed by atoms with van der Waals surface area (Å²) in [5, 5.41) is 26.3. The predicted molar refractivity (Wildman–Crippen MR) is 179 cm³/mol. The average Bonchev–Trinajstić information content (AvgIpc) is 2.80. The summed E-state index contributed by atoms with van der Waals surface area (Å²) in [5.74, 6) is 0. The highest BCUT2D eigenvalue weighted by molar-refractivity contribution is 8.14. The fraction of sp³-hybridized carbons (Fsp3) is 0.667. The van der Waals surface area contributed by atoms with Crippen molar-refractivity contribution < 1.29 is 33.7 Å². The first-order valence-corrected chi connectivity index (χ1v) is 22.3. The molecule has 0 radical (unpaired) electrons. The van der Waals surface area contributed by atoms with Crippen LogP contribution in [-0.2, 0) is 39.3 Å². The molecule has 0 saturated heterocycles. The van der Waals surface area contributed by atoms with E-state index in [4.69, 9.17) is 0 Å². The van der Waals surface area contributed by atoms with Crippen LogP contribution in [0.15, 0.2) is 42.2 Å². The van der Waals surface area contributed by atoms with Crippen molar-refractivity contribution in [2.75, 3.05) is 38.1 Å². The molecule has 0 spiro atoms. The van der Waals surface area contributed by atoms with E-state index in [0.717, 1.165) is 37.9 Å². The van der Waals surface area contributed by atoms with E-state index in [1.807, 2.05) is 39.8 Å². The lowest BCUT2D eigenvalue weighted by molar-refractivity contribution is 0.337. The summed E-state index contributed by atoms with van der Waals surface area (Å²) in [4.78, 5) is 0. The molecular weight excluding hydrogens is 673 g/mol. The van der Waals surface area contributed by atoms with Crippen LogP contribution >= 0.6 is 0 Å². The van der Waals surface area contributed by atoms with Crippen LogP contribution in [-0.4, -0.2) is 71.8 Å². The molecule has 12 nitrogen and oxygen atoms in total. The van der Waals surface area contributed by atoms with Crippen LogP contribution in [0.4, 0.5) is 0 Å². The predicted octanol–water partition coefficient (Wildman–Crippen LogP) is 3.52. The van der Waals surface area contributed by atoms with E-state index in [1.165, 1.54) is 0 Å². The van der Waals surface area contributed by atoms with Crippen LogP contribution < -0.4 is 10.6 Å². The van der Waals surface area contributed by atoms with Gasteiger partial charge >= 0.3 is 0 Å². The number of allylic oxidation sites excluding steroid dienone is 6. The Hall–Kier alpha value is -2.66. The monoisotopic (exact) mass is 718 g/mol. The van der Waals surface area contributed by atoms with Gasteiger partial charge in [0.1, 0.15) is 12.1 Å². The molecule has 0 aromatic heterocycles. The fourth-order valence-corrected chi connectivity index (χ4v) is 13.1. The largest absolute Gasteiger partial charge is 0.387 e. The zero-order valence-corrected chi connectivity index (χ0v) is 31.1. The van der Waals surface area contributed by atoms with Crippen LogP contribution in [0.3, 0.4) is 0 Å². The maximum Gasteiger partial charge on any atom is 0.186 e. The van der Waals surface area contributed by atoms with Gasteiger partial charge in [0, 0.05) is 60.7 Å². The Labute approximate surface area is 275 Å². The normalized spacial score (nSPS) is 18.9. The van der Waals surface area contributed by atoms with Crippen molar-refractivity contribution in [1.82, 2.24) is 10.6 Å². The molecular formula is C30H46N4O8S4. The molecule has 0 amide bonds. The highest BCUT2D eigenvalue weighted by Crippen LogP contribution is 2.45. The number of hydrogen-bond acceptors (Lipinski definition) is 12. The third-order valence-electron chi connectivity index (χ3n) is 7.67. The lowest BCUT2D eigenvalue weighted by atomic mass is 9.74. The van der Waals surface area contributed by atoms with Gasteiger partial charge in [-0.05, 0) is 49.4 Å². The summed E-state index contributed by atoms with van der Waals surface area (Å²) in [6, 6.07) is 4.06. The van der Waals surface area contributed by atoms with Gasteiger partial charge in [0.2, 0.25) is 0 Å². The molecule has 0 aromatic rings. The Morgan fingerprint density at radius 2 is 0.848 bits per heavy atom. The summed E-state index contributed by atoms with van der Waals surface area (Å²) < 4.78 is 98.4. The standard InChI is InChI=1S/C30H46N4O8S4/c1-29(2)15-21(27(43(5,35)36)44(6,37)38)23(19-31)25(17-29)33-13-11-9-10-12-14-34-26-18-30(3,4)16-22(24(26)20-32)28(45(7,39)40)46(8,41)42/h33-34H,9-18H2,1-8H3. The van der Waals surface area contributed by atoms with Crippen molar-refractivity contribution in [3.05, 3.63) is 42.2 Å².